The van der Waals surface area contributed by atoms with Crippen molar-refractivity contribution in [3.8, 4) is 0 Å². The van der Waals surface area contributed by atoms with Crippen molar-refractivity contribution >= 4 is 27.3 Å². The summed E-state index contributed by atoms with van der Waals surface area (Å²) in [7, 11) is -3.95. The summed E-state index contributed by atoms with van der Waals surface area (Å²) in [5.41, 5.74) is 1.45. The molecule has 0 aliphatic carbocycles. The number of sulfonamides is 1. The maximum absolute atomic E-state index is 13.2. The molecule has 0 saturated carbocycles. The molecule has 3 rings (SSSR count). The number of benzene rings is 2. The van der Waals surface area contributed by atoms with E-state index in [1.165, 1.54) is 12.1 Å². The summed E-state index contributed by atoms with van der Waals surface area (Å²) in [4.78, 5) is 16.5. The van der Waals surface area contributed by atoms with Gasteiger partial charge in [-0.1, -0.05) is 0 Å². The zero-order chi connectivity index (χ0) is 21.7. The third-order valence-electron chi connectivity index (χ3n) is 5.12. The Hall–Kier alpha value is -2.65. The second-order valence-corrected chi connectivity index (χ2v) is 8.69. The number of nitrogens with zero attached hydrogens (tertiary/aromatic N) is 2. The minimum atomic E-state index is -3.95. The highest BCUT2D eigenvalue weighted by Gasteiger charge is 2.22. The van der Waals surface area contributed by atoms with E-state index in [4.69, 9.17) is 0 Å². The summed E-state index contributed by atoms with van der Waals surface area (Å²) in [6.07, 6.45) is 0. The maximum Gasteiger partial charge on any atom is 0.261 e. The summed E-state index contributed by atoms with van der Waals surface area (Å²) in [5, 5.41) is 3.27. The Labute approximate surface area is 176 Å². The first-order valence-corrected chi connectivity index (χ1v) is 11.5. The van der Waals surface area contributed by atoms with Crippen molar-refractivity contribution in [3.05, 3.63) is 53.8 Å². The first kappa shape index (κ1) is 22.0. The summed E-state index contributed by atoms with van der Waals surface area (Å²) >= 11 is 0. The zero-order valence-corrected chi connectivity index (χ0v) is 18.0. The van der Waals surface area contributed by atoms with Gasteiger partial charge in [-0.3, -0.25) is 9.52 Å². The molecular weight excluding hydrogens is 407 g/mol. The van der Waals surface area contributed by atoms with Gasteiger partial charge in [-0.25, -0.2) is 12.8 Å². The first-order valence-electron chi connectivity index (χ1n) is 10.0. The molecule has 0 bridgehead atoms. The van der Waals surface area contributed by atoms with Gasteiger partial charge in [0.05, 0.1) is 16.3 Å². The Morgan fingerprint density at radius 3 is 2.33 bits per heavy atom. The number of hydrogen-bond acceptors (Lipinski definition) is 5. The van der Waals surface area contributed by atoms with Crippen molar-refractivity contribution in [2.24, 2.45) is 0 Å². The molecule has 0 unspecified atom stereocenters. The number of hydrogen-bond donors (Lipinski definition) is 2. The molecule has 1 fully saturated rings. The molecule has 2 aromatic carbocycles. The second kappa shape index (κ2) is 9.44. The number of carbonyl (C=O) groups excluding carboxylic acids is 1. The summed E-state index contributed by atoms with van der Waals surface area (Å²) in [6.45, 7) is 7.91. The molecule has 162 valence electrons. The van der Waals surface area contributed by atoms with Crippen LogP contribution in [-0.2, 0) is 10.0 Å². The topological polar surface area (TPSA) is 81.8 Å². The third-order valence-corrected chi connectivity index (χ3v) is 6.50. The Kier molecular flexibility index (Phi) is 6.94. The van der Waals surface area contributed by atoms with Crippen LogP contribution in [0.1, 0.15) is 24.2 Å². The van der Waals surface area contributed by atoms with Crippen molar-refractivity contribution in [3.63, 3.8) is 0 Å². The largest absolute Gasteiger partial charge is 0.367 e. The highest BCUT2D eigenvalue weighted by Crippen LogP contribution is 2.30. The molecule has 9 heteroatoms. The summed E-state index contributed by atoms with van der Waals surface area (Å²) < 4.78 is 41.7. The Morgan fingerprint density at radius 2 is 1.73 bits per heavy atom. The van der Waals surface area contributed by atoms with Crippen LogP contribution in [0.5, 0.6) is 0 Å². The van der Waals surface area contributed by atoms with Gasteiger partial charge in [-0.15, -0.1) is 0 Å². The minimum Gasteiger partial charge on any atom is -0.367 e. The minimum absolute atomic E-state index is 0.0457. The number of piperazine rings is 1. The number of halogens is 1. The molecule has 30 heavy (non-hydrogen) atoms. The average Bonchev–Trinajstić information content (AvgIpc) is 2.75. The molecule has 2 aromatic rings. The monoisotopic (exact) mass is 434 g/mol. The Bertz CT molecular complexity index is 986. The van der Waals surface area contributed by atoms with Crippen LogP contribution in [0.2, 0.25) is 0 Å². The van der Waals surface area contributed by atoms with E-state index in [0.29, 0.717) is 43.1 Å². The van der Waals surface area contributed by atoms with Gasteiger partial charge in [0.15, 0.2) is 0 Å². The van der Waals surface area contributed by atoms with Crippen LogP contribution >= 0.6 is 0 Å². The summed E-state index contributed by atoms with van der Waals surface area (Å²) in [6, 6.07) is 9.73. The molecule has 1 saturated heterocycles. The van der Waals surface area contributed by atoms with Crippen LogP contribution in [0.4, 0.5) is 15.8 Å². The highest BCUT2D eigenvalue weighted by atomic mass is 32.2. The van der Waals surface area contributed by atoms with Crippen molar-refractivity contribution in [2.45, 2.75) is 18.7 Å². The maximum atomic E-state index is 13.2. The smallest absolute Gasteiger partial charge is 0.261 e. The predicted octanol–water partition coefficient (Wildman–Crippen LogP) is 2.52. The lowest BCUT2D eigenvalue weighted by Crippen LogP contribution is -2.43. The van der Waals surface area contributed by atoms with Crippen LogP contribution in [0.25, 0.3) is 0 Å². The highest BCUT2D eigenvalue weighted by molar-refractivity contribution is 7.92. The van der Waals surface area contributed by atoms with Crippen molar-refractivity contribution in [1.29, 1.82) is 0 Å². The average molecular weight is 435 g/mol. The zero-order valence-electron chi connectivity index (χ0n) is 17.2. The van der Waals surface area contributed by atoms with E-state index >= 15 is 0 Å². The fourth-order valence-electron chi connectivity index (χ4n) is 3.44. The van der Waals surface area contributed by atoms with Gasteiger partial charge >= 0.3 is 0 Å². The van der Waals surface area contributed by atoms with Crippen LogP contribution < -0.4 is 14.9 Å². The van der Waals surface area contributed by atoms with Gasteiger partial charge < -0.3 is 15.1 Å². The molecule has 0 atom stereocenters. The molecular formula is C21H27FN4O3S. The van der Waals surface area contributed by atoms with Crippen LogP contribution in [0.3, 0.4) is 0 Å². The number of rotatable bonds is 7. The molecule has 1 aliphatic rings. The molecule has 0 radical (unpaired) electrons. The normalized spacial score (nSPS) is 14.4. The number of carbonyl (C=O) groups is 1. The second-order valence-electron chi connectivity index (χ2n) is 7.01. The van der Waals surface area contributed by atoms with Gasteiger partial charge in [0.25, 0.3) is 15.9 Å². The quantitative estimate of drug-likeness (QED) is 0.700. The molecule has 1 aliphatic heterocycles. The van der Waals surface area contributed by atoms with E-state index in [9.17, 15) is 17.6 Å². The molecule has 0 spiro atoms. The Balaban J connectivity index is 2.00. The van der Waals surface area contributed by atoms with Gasteiger partial charge in [0, 0.05) is 44.8 Å². The SMILES string of the molecule is CCN(CC)C(=O)c1ccc(N2CCNCC2)c(NS(=O)(=O)c2ccc(F)cc2)c1. The Morgan fingerprint density at radius 1 is 1.10 bits per heavy atom. The predicted molar refractivity (Wildman–Crippen MR) is 116 cm³/mol. The first-order chi connectivity index (χ1) is 14.4. The lowest BCUT2D eigenvalue weighted by Gasteiger charge is -2.31. The van der Waals surface area contributed by atoms with Crippen molar-refractivity contribution in [2.75, 3.05) is 48.9 Å². The number of anilines is 2. The van der Waals surface area contributed by atoms with E-state index < -0.39 is 15.8 Å². The van der Waals surface area contributed by atoms with Gasteiger partial charge in [0.1, 0.15) is 5.82 Å². The van der Waals surface area contributed by atoms with E-state index in [-0.39, 0.29) is 10.8 Å². The fraction of sp³-hybridized carbons (Fsp3) is 0.381. The van der Waals surface area contributed by atoms with Gasteiger partial charge in [0.2, 0.25) is 0 Å². The van der Waals surface area contributed by atoms with E-state index in [1.807, 2.05) is 13.8 Å². The molecule has 1 heterocycles. The standard InChI is InChI=1S/C21H27FN4O3S/c1-3-25(4-2)21(27)16-5-10-20(26-13-11-23-12-14-26)19(15-16)24-30(28,29)18-8-6-17(22)7-9-18/h5-10,15,23-24H,3-4,11-14H2,1-2H3. The molecule has 7 nitrogen and oxygen atoms in total. The van der Waals surface area contributed by atoms with Gasteiger partial charge in [-0.2, -0.15) is 0 Å². The lowest BCUT2D eigenvalue weighted by atomic mass is 10.1. The third kappa shape index (κ3) is 4.91. The van der Waals surface area contributed by atoms with Crippen LogP contribution in [0.15, 0.2) is 47.4 Å². The van der Waals surface area contributed by atoms with E-state index in [0.717, 1.165) is 25.2 Å². The molecule has 0 aromatic heterocycles. The van der Waals surface area contributed by atoms with Crippen LogP contribution in [0, 0.1) is 5.82 Å². The fourth-order valence-corrected chi connectivity index (χ4v) is 4.51. The molecule has 2 N–H and O–H groups in total. The van der Waals surface area contributed by atoms with E-state index in [1.54, 1.807) is 23.1 Å². The lowest BCUT2D eigenvalue weighted by molar-refractivity contribution is 0.0773. The van der Waals surface area contributed by atoms with Crippen molar-refractivity contribution < 1.29 is 17.6 Å². The van der Waals surface area contributed by atoms with Crippen LogP contribution in [-0.4, -0.2) is 58.5 Å². The van der Waals surface area contributed by atoms with Gasteiger partial charge in [-0.05, 0) is 56.3 Å². The van der Waals surface area contributed by atoms with Crippen molar-refractivity contribution in [1.82, 2.24) is 10.2 Å². The molecule has 1 amide bonds. The summed E-state index contributed by atoms with van der Waals surface area (Å²) in [5.74, 6) is -0.670. The number of amides is 1. The number of nitrogens with one attached hydrogen (secondary N) is 2. The van der Waals surface area contributed by atoms with E-state index in [2.05, 4.69) is 14.9 Å².